The fourth-order valence-corrected chi connectivity index (χ4v) is 3.59. The van der Waals surface area contributed by atoms with Crippen molar-refractivity contribution in [3.63, 3.8) is 0 Å². The van der Waals surface area contributed by atoms with Gasteiger partial charge in [0.05, 0.1) is 0 Å². The zero-order chi connectivity index (χ0) is 7.47. The maximum Gasteiger partial charge on any atom is 0.136 e. The van der Waals surface area contributed by atoms with Crippen molar-refractivity contribution >= 4 is 5.78 Å². The number of ketones is 1. The summed E-state index contributed by atoms with van der Waals surface area (Å²) in [7, 11) is 0. The summed E-state index contributed by atoms with van der Waals surface area (Å²) in [5.74, 6) is 2.07. The Hall–Kier alpha value is -0.330. The van der Waals surface area contributed by atoms with Crippen molar-refractivity contribution in [1.29, 1.82) is 0 Å². The molecular formula is C10H14O. The van der Waals surface area contributed by atoms with E-state index in [1.165, 1.54) is 32.1 Å². The number of hydrogen-bond donors (Lipinski definition) is 0. The van der Waals surface area contributed by atoms with Crippen LogP contribution in [0.4, 0.5) is 0 Å². The van der Waals surface area contributed by atoms with Gasteiger partial charge in [-0.2, -0.15) is 0 Å². The molecule has 1 heteroatoms. The lowest BCUT2D eigenvalue weighted by Gasteiger charge is -2.23. The summed E-state index contributed by atoms with van der Waals surface area (Å²) < 4.78 is 0. The molecule has 0 amide bonds. The lowest BCUT2D eigenvalue weighted by molar-refractivity contribution is -0.126. The van der Waals surface area contributed by atoms with E-state index in [0.29, 0.717) is 17.1 Å². The molecule has 0 bridgehead atoms. The van der Waals surface area contributed by atoms with Crippen LogP contribution < -0.4 is 0 Å². The van der Waals surface area contributed by atoms with Crippen LogP contribution in [0.2, 0.25) is 0 Å². The third-order valence-electron chi connectivity index (χ3n) is 4.24. The van der Waals surface area contributed by atoms with Crippen molar-refractivity contribution in [1.82, 2.24) is 0 Å². The van der Waals surface area contributed by atoms with Crippen molar-refractivity contribution in [2.45, 2.75) is 38.5 Å². The standard InChI is InChI=1S/C10H14O/c11-9-4-3-7-6-10(7)5-1-2-8(9)10/h7-8H,1-6H2. The minimum Gasteiger partial charge on any atom is -0.299 e. The second-order valence-corrected chi connectivity index (χ2v) is 4.58. The van der Waals surface area contributed by atoms with Gasteiger partial charge < -0.3 is 0 Å². The lowest BCUT2D eigenvalue weighted by Crippen LogP contribution is -2.25. The van der Waals surface area contributed by atoms with Gasteiger partial charge >= 0.3 is 0 Å². The molecule has 1 nitrogen and oxygen atoms in total. The summed E-state index contributed by atoms with van der Waals surface area (Å²) in [5, 5.41) is 0. The molecule has 3 rings (SSSR count). The molecule has 60 valence electrons. The van der Waals surface area contributed by atoms with E-state index in [1.54, 1.807) is 0 Å². The molecular weight excluding hydrogens is 136 g/mol. The molecule has 0 aromatic rings. The third-order valence-corrected chi connectivity index (χ3v) is 4.24. The van der Waals surface area contributed by atoms with E-state index in [1.807, 2.05) is 0 Å². The SMILES string of the molecule is O=C1CCC2CC23CCCC13. The average Bonchev–Trinajstić information content (AvgIpc) is 2.51. The second-order valence-electron chi connectivity index (χ2n) is 4.58. The molecule has 3 aliphatic rings. The van der Waals surface area contributed by atoms with Crippen LogP contribution in [0.25, 0.3) is 0 Å². The summed E-state index contributed by atoms with van der Waals surface area (Å²) >= 11 is 0. The Bertz CT molecular complexity index is 221. The second kappa shape index (κ2) is 1.70. The van der Waals surface area contributed by atoms with Crippen LogP contribution in [-0.2, 0) is 4.79 Å². The van der Waals surface area contributed by atoms with Gasteiger partial charge in [-0.05, 0) is 37.0 Å². The van der Waals surface area contributed by atoms with Gasteiger partial charge in [-0.15, -0.1) is 0 Å². The molecule has 0 N–H and O–H groups in total. The number of rotatable bonds is 0. The highest BCUT2D eigenvalue weighted by Crippen LogP contribution is 2.69. The Kier molecular flexibility index (Phi) is 0.961. The van der Waals surface area contributed by atoms with Crippen LogP contribution in [-0.4, -0.2) is 5.78 Å². The fourth-order valence-electron chi connectivity index (χ4n) is 3.59. The topological polar surface area (TPSA) is 17.1 Å². The van der Waals surface area contributed by atoms with E-state index in [-0.39, 0.29) is 0 Å². The molecule has 3 fully saturated rings. The fraction of sp³-hybridized carbons (Fsp3) is 0.900. The first kappa shape index (κ1) is 6.22. The number of hydrogen-bond acceptors (Lipinski definition) is 1. The molecule has 11 heavy (non-hydrogen) atoms. The van der Waals surface area contributed by atoms with E-state index in [4.69, 9.17) is 0 Å². The lowest BCUT2D eigenvalue weighted by atomic mass is 9.80. The first-order valence-corrected chi connectivity index (χ1v) is 4.86. The van der Waals surface area contributed by atoms with Gasteiger partial charge in [0.15, 0.2) is 0 Å². The van der Waals surface area contributed by atoms with Crippen molar-refractivity contribution in [3.8, 4) is 0 Å². The van der Waals surface area contributed by atoms with Crippen LogP contribution in [0.15, 0.2) is 0 Å². The highest BCUT2D eigenvalue weighted by atomic mass is 16.1. The Balaban J connectivity index is 1.97. The largest absolute Gasteiger partial charge is 0.299 e. The van der Waals surface area contributed by atoms with Gasteiger partial charge in [0.25, 0.3) is 0 Å². The minimum atomic E-state index is 0.515. The van der Waals surface area contributed by atoms with Gasteiger partial charge in [-0.1, -0.05) is 6.42 Å². The van der Waals surface area contributed by atoms with E-state index in [0.717, 1.165) is 12.3 Å². The number of carbonyl (C=O) groups is 1. The summed E-state index contributed by atoms with van der Waals surface area (Å²) in [5.41, 5.74) is 0.579. The Morgan fingerprint density at radius 1 is 1.36 bits per heavy atom. The maximum atomic E-state index is 11.5. The van der Waals surface area contributed by atoms with Crippen molar-refractivity contribution < 1.29 is 4.79 Å². The van der Waals surface area contributed by atoms with Crippen LogP contribution in [0.5, 0.6) is 0 Å². The predicted octanol–water partition coefficient (Wildman–Crippen LogP) is 2.16. The normalized spacial score (nSPS) is 53.6. The van der Waals surface area contributed by atoms with Crippen LogP contribution in [0, 0.1) is 17.3 Å². The van der Waals surface area contributed by atoms with Gasteiger partial charge in [0, 0.05) is 12.3 Å². The Labute approximate surface area is 67.2 Å². The molecule has 1 spiro atoms. The predicted molar refractivity (Wildman–Crippen MR) is 42.1 cm³/mol. The van der Waals surface area contributed by atoms with Crippen LogP contribution in [0.1, 0.15) is 38.5 Å². The zero-order valence-corrected chi connectivity index (χ0v) is 6.81. The van der Waals surface area contributed by atoms with Gasteiger partial charge in [-0.3, -0.25) is 4.79 Å². The molecule has 0 radical (unpaired) electrons. The minimum absolute atomic E-state index is 0.515. The van der Waals surface area contributed by atoms with Crippen molar-refractivity contribution in [2.75, 3.05) is 0 Å². The number of Topliss-reactive ketones (excluding diaryl/α,β-unsaturated/α-hetero) is 1. The molecule has 0 aromatic carbocycles. The van der Waals surface area contributed by atoms with E-state index >= 15 is 0 Å². The third kappa shape index (κ3) is 0.605. The van der Waals surface area contributed by atoms with Crippen molar-refractivity contribution in [3.05, 3.63) is 0 Å². The smallest absolute Gasteiger partial charge is 0.136 e. The first-order valence-electron chi connectivity index (χ1n) is 4.86. The van der Waals surface area contributed by atoms with Gasteiger partial charge in [0.1, 0.15) is 5.78 Å². The summed E-state index contributed by atoms with van der Waals surface area (Å²) in [4.78, 5) is 11.5. The molecule has 0 heterocycles. The van der Waals surface area contributed by atoms with E-state index < -0.39 is 0 Å². The first-order chi connectivity index (χ1) is 5.33. The zero-order valence-electron chi connectivity index (χ0n) is 6.81. The molecule has 0 aliphatic heterocycles. The molecule has 0 aromatic heterocycles. The molecule has 3 saturated carbocycles. The molecule has 3 aliphatic carbocycles. The Morgan fingerprint density at radius 2 is 2.27 bits per heavy atom. The van der Waals surface area contributed by atoms with Crippen molar-refractivity contribution in [2.24, 2.45) is 17.3 Å². The highest BCUT2D eigenvalue weighted by Gasteiger charge is 2.63. The summed E-state index contributed by atoms with van der Waals surface area (Å²) in [6.07, 6.45) is 7.42. The van der Waals surface area contributed by atoms with Gasteiger partial charge in [-0.25, -0.2) is 0 Å². The maximum absolute atomic E-state index is 11.5. The molecule has 3 unspecified atom stereocenters. The molecule has 0 saturated heterocycles. The Morgan fingerprint density at radius 3 is 3.09 bits per heavy atom. The van der Waals surface area contributed by atoms with Crippen LogP contribution in [0.3, 0.4) is 0 Å². The van der Waals surface area contributed by atoms with E-state index in [2.05, 4.69) is 0 Å². The molecule has 3 atom stereocenters. The van der Waals surface area contributed by atoms with Gasteiger partial charge in [0.2, 0.25) is 0 Å². The highest BCUT2D eigenvalue weighted by molar-refractivity contribution is 5.84. The summed E-state index contributed by atoms with van der Waals surface area (Å²) in [6.45, 7) is 0. The monoisotopic (exact) mass is 150 g/mol. The summed E-state index contributed by atoms with van der Waals surface area (Å²) in [6, 6.07) is 0. The quantitative estimate of drug-likeness (QED) is 0.517. The van der Waals surface area contributed by atoms with E-state index in [9.17, 15) is 4.79 Å². The average molecular weight is 150 g/mol. The van der Waals surface area contributed by atoms with Crippen LogP contribution >= 0.6 is 0 Å². The number of carbonyl (C=O) groups excluding carboxylic acids is 1.